The number of methoxy groups -OCH3 is 1. The van der Waals surface area contributed by atoms with E-state index in [0.717, 1.165) is 18.0 Å². The summed E-state index contributed by atoms with van der Waals surface area (Å²) in [4.78, 5) is 0. The van der Waals surface area contributed by atoms with Crippen molar-refractivity contribution >= 4 is 0 Å². The van der Waals surface area contributed by atoms with Crippen LogP contribution in [0.4, 0.5) is 0 Å². The van der Waals surface area contributed by atoms with E-state index in [2.05, 4.69) is 22.6 Å². The molecule has 0 amide bonds. The number of nitrogens with one attached hydrogen (secondary N) is 1. The van der Waals surface area contributed by atoms with Crippen molar-refractivity contribution in [2.75, 3.05) is 7.11 Å². The Morgan fingerprint density at radius 2 is 2.00 bits per heavy atom. The van der Waals surface area contributed by atoms with Crippen molar-refractivity contribution in [1.82, 2.24) is 10.5 Å². The summed E-state index contributed by atoms with van der Waals surface area (Å²) >= 11 is 0. The van der Waals surface area contributed by atoms with Crippen LogP contribution in [0, 0.1) is 6.92 Å². The minimum absolute atomic E-state index is 0.640. The Balaban J connectivity index is 1.89. The van der Waals surface area contributed by atoms with Gasteiger partial charge in [-0.25, -0.2) is 0 Å². The molecular weight excluding hydrogens is 228 g/mol. The molecule has 1 aromatic heterocycles. The largest absolute Gasteiger partial charge is 0.380 e. The Kier molecular flexibility index (Phi) is 4.50. The maximum absolute atomic E-state index is 5.18. The molecule has 0 aliphatic heterocycles. The number of ether oxygens (including phenoxy) is 1. The fourth-order valence-electron chi connectivity index (χ4n) is 1.85. The van der Waals surface area contributed by atoms with E-state index >= 15 is 0 Å². The van der Waals surface area contributed by atoms with Crippen LogP contribution in [0.15, 0.2) is 34.9 Å². The Hall–Kier alpha value is -1.65. The molecule has 0 spiro atoms. The predicted octanol–water partition coefficient (Wildman–Crippen LogP) is 2.42. The van der Waals surface area contributed by atoms with E-state index < -0.39 is 0 Å². The van der Waals surface area contributed by atoms with E-state index in [1.54, 1.807) is 7.11 Å². The van der Waals surface area contributed by atoms with Gasteiger partial charge in [-0.2, -0.15) is 0 Å². The van der Waals surface area contributed by atoms with Crippen LogP contribution in [0.1, 0.15) is 22.6 Å². The Labute approximate surface area is 107 Å². The summed E-state index contributed by atoms with van der Waals surface area (Å²) in [6.45, 7) is 4.04. The monoisotopic (exact) mass is 246 g/mol. The van der Waals surface area contributed by atoms with Crippen molar-refractivity contribution in [2.24, 2.45) is 0 Å². The second-order valence-electron chi connectivity index (χ2n) is 4.23. The van der Waals surface area contributed by atoms with Crippen LogP contribution in [-0.2, 0) is 24.4 Å². The van der Waals surface area contributed by atoms with Crippen molar-refractivity contribution in [1.29, 1.82) is 0 Å². The zero-order valence-corrected chi connectivity index (χ0v) is 10.8. The molecular formula is C14H18N2O2. The molecule has 0 radical (unpaired) electrons. The van der Waals surface area contributed by atoms with Crippen molar-refractivity contribution in [3.63, 3.8) is 0 Å². The van der Waals surface area contributed by atoms with Gasteiger partial charge in [-0.05, 0) is 18.1 Å². The first-order valence-electron chi connectivity index (χ1n) is 5.98. The number of rotatable bonds is 6. The standard InChI is InChI=1S/C14H18N2O2/c1-11-7-14(16-18-11)9-15-8-12-5-3-4-6-13(12)10-17-2/h3-7,15H,8-10H2,1-2H3. The highest BCUT2D eigenvalue weighted by Crippen LogP contribution is 2.10. The summed E-state index contributed by atoms with van der Waals surface area (Å²) < 4.78 is 10.2. The van der Waals surface area contributed by atoms with Gasteiger partial charge in [0, 0.05) is 26.3 Å². The minimum atomic E-state index is 0.640. The SMILES string of the molecule is COCc1ccccc1CNCc1cc(C)on1. The van der Waals surface area contributed by atoms with E-state index in [0.29, 0.717) is 13.2 Å². The van der Waals surface area contributed by atoms with Gasteiger partial charge in [0.25, 0.3) is 0 Å². The Morgan fingerprint density at radius 3 is 2.67 bits per heavy atom. The molecule has 0 aliphatic carbocycles. The highest BCUT2D eigenvalue weighted by Gasteiger charge is 2.03. The van der Waals surface area contributed by atoms with Gasteiger partial charge in [0.2, 0.25) is 0 Å². The summed E-state index contributed by atoms with van der Waals surface area (Å²) in [6, 6.07) is 10.2. The third-order valence-electron chi connectivity index (χ3n) is 2.72. The molecule has 1 heterocycles. The molecule has 1 N–H and O–H groups in total. The molecule has 2 rings (SSSR count). The zero-order valence-electron chi connectivity index (χ0n) is 10.8. The van der Waals surface area contributed by atoms with Gasteiger partial charge in [0.15, 0.2) is 0 Å². The number of aryl methyl sites for hydroxylation is 1. The predicted molar refractivity (Wildman–Crippen MR) is 68.9 cm³/mol. The molecule has 4 nitrogen and oxygen atoms in total. The van der Waals surface area contributed by atoms with Gasteiger partial charge in [-0.3, -0.25) is 0 Å². The minimum Gasteiger partial charge on any atom is -0.380 e. The highest BCUT2D eigenvalue weighted by atomic mass is 16.5. The lowest BCUT2D eigenvalue weighted by atomic mass is 10.1. The molecule has 96 valence electrons. The molecule has 0 fully saturated rings. The summed E-state index contributed by atoms with van der Waals surface area (Å²) in [5.41, 5.74) is 3.39. The van der Waals surface area contributed by atoms with E-state index in [-0.39, 0.29) is 0 Å². The Morgan fingerprint density at radius 1 is 1.22 bits per heavy atom. The zero-order chi connectivity index (χ0) is 12.8. The van der Waals surface area contributed by atoms with E-state index in [1.807, 2.05) is 25.1 Å². The van der Waals surface area contributed by atoms with Gasteiger partial charge in [0.1, 0.15) is 5.76 Å². The first-order valence-corrected chi connectivity index (χ1v) is 5.98. The molecule has 0 bridgehead atoms. The van der Waals surface area contributed by atoms with Crippen LogP contribution in [0.5, 0.6) is 0 Å². The molecule has 0 atom stereocenters. The number of aromatic nitrogens is 1. The van der Waals surface area contributed by atoms with E-state index in [9.17, 15) is 0 Å². The Bertz CT molecular complexity index is 494. The second kappa shape index (κ2) is 6.33. The number of hydrogen-bond donors (Lipinski definition) is 1. The molecule has 0 saturated heterocycles. The molecule has 18 heavy (non-hydrogen) atoms. The lowest BCUT2D eigenvalue weighted by Crippen LogP contribution is -2.14. The first-order chi connectivity index (χ1) is 8.79. The fraction of sp³-hybridized carbons (Fsp3) is 0.357. The summed E-state index contributed by atoms with van der Waals surface area (Å²) in [5, 5.41) is 7.30. The lowest BCUT2D eigenvalue weighted by molar-refractivity contribution is 0.184. The quantitative estimate of drug-likeness (QED) is 0.850. The van der Waals surface area contributed by atoms with Crippen LogP contribution in [0.25, 0.3) is 0 Å². The summed E-state index contributed by atoms with van der Waals surface area (Å²) in [6.07, 6.45) is 0. The normalized spacial score (nSPS) is 10.8. The van der Waals surface area contributed by atoms with Crippen LogP contribution in [-0.4, -0.2) is 12.3 Å². The van der Waals surface area contributed by atoms with Crippen LogP contribution < -0.4 is 5.32 Å². The van der Waals surface area contributed by atoms with Crippen molar-refractivity contribution in [3.05, 3.63) is 52.9 Å². The maximum atomic E-state index is 5.18. The summed E-state index contributed by atoms with van der Waals surface area (Å²) in [7, 11) is 1.71. The van der Waals surface area contributed by atoms with Crippen molar-refractivity contribution in [2.45, 2.75) is 26.6 Å². The molecule has 0 unspecified atom stereocenters. The number of nitrogens with zero attached hydrogens (tertiary/aromatic N) is 1. The topological polar surface area (TPSA) is 47.3 Å². The average molecular weight is 246 g/mol. The third kappa shape index (κ3) is 3.42. The van der Waals surface area contributed by atoms with Crippen LogP contribution in [0.2, 0.25) is 0 Å². The second-order valence-corrected chi connectivity index (χ2v) is 4.23. The third-order valence-corrected chi connectivity index (χ3v) is 2.72. The van der Waals surface area contributed by atoms with Gasteiger partial charge in [0.05, 0.1) is 12.3 Å². The molecule has 4 heteroatoms. The van der Waals surface area contributed by atoms with Gasteiger partial charge in [-0.15, -0.1) is 0 Å². The number of benzene rings is 1. The van der Waals surface area contributed by atoms with Gasteiger partial charge in [-0.1, -0.05) is 29.4 Å². The first kappa shape index (κ1) is 12.8. The van der Waals surface area contributed by atoms with E-state index in [1.165, 1.54) is 11.1 Å². The maximum Gasteiger partial charge on any atom is 0.133 e. The van der Waals surface area contributed by atoms with Crippen molar-refractivity contribution in [3.8, 4) is 0 Å². The molecule has 1 aromatic carbocycles. The average Bonchev–Trinajstić information content (AvgIpc) is 2.78. The highest BCUT2D eigenvalue weighted by molar-refractivity contribution is 5.26. The van der Waals surface area contributed by atoms with Crippen LogP contribution >= 0.6 is 0 Å². The summed E-state index contributed by atoms with van der Waals surface area (Å²) in [5.74, 6) is 0.839. The molecule has 2 aromatic rings. The smallest absolute Gasteiger partial charge is 0.133 e. The molecule has 0 aliphatic rings. The van der Waals surface area contributed by atoms with E-state index in [4.69, 9.17) is 9.26 Å². The lowest BCUT2D eigenvalue weighted by Gasteiger charge is -2.09. The van der Waals surface area contributed by atoms with Gasteiger partial charge < -0.3 is 14.6 Å². The molecule has 0 saturated carbocycles. The van der Waals surface area contributed by atoms with Crippen LogP contribution in [0.3, 0.4) is 0 Å². The van der Waals surface area contributed by atoms with Gasteiger partial charge >= 0.3 is 0 Å². The fourth-order valence-corrected chi connectivity index (χ4v) is 1.85. The van der Waals surface area contributed by atoms with Crippen molar-refractivity contribution < 1.29 is 9.26 Å². The number of hydrogen-bond acceptors (Lipinski definition) is 4.